The lowest BCUT2D eigenvalue weighted by Crippen LogP contribution is -2.24. The monoisotopic (exact) mass is 311 g/mol. The predicted molar refractivity (Wildman–Crippen MR) is 76.2 cm³/mol. The van der Waals surface area contributed by atoms with E-state index in [0.29, 0.717) is 21.4 Å². The minimum Gasteiger partial charge on any atom is -0.495 e. The summed E-state index contributed by atoms with van der Waals surface area (Å²) in [5, 5.41) is 3.57. The van der Waals surface area contributed by atoms with Crippen LogP contribution in [0.3, 0.4) is 0 Å². The maximum atomic E-state index is 11.9. The summed E-state index contributed by atoms with van der Waals surface area (Å²) in [5.74, 6) is 0.145. The van der Waals surface area contributed by atoms with Crippen LogP contribution in [0.25, 0.3) is 0 Å². The second-order valence-electron chi connectivity index (χ2n) is 3.85. The Hall–Kier alpha value is -1.85. The van der Waals surface area contributed by atoms with Crippen molar-refractivity contribution in [1.29, 1.82) is 0 Å². The number of carbonyl (C=O) groups excluding carboxylic acids is 1. The van der Waals surface area contributed by atoms with Crippen LogP contribution in [0.15, 0.2) is 30.7 Å². The van der Waals surface area contributed by atoms with Crippen LogP contribution in [0.5, 0.6) is 5.75 Å². The number of amides is 1. The van der Waals surface area contributed by atoms with E-state index in [1.54, 1.807) is 12.1 Å². The molecule has 20 heavy (non-hydrogen) atoms. The van der Waals surface area contributed by atoms with Crippen molar-refractivity contribution >= 4 is 29.1 Å². The van der Waals surface area contributed by atoms with Crippen LogP contribution in [0.4, 0.5) is 0 Å². The molecular formula is C13H11Cl2N3O2. The molecule has 1 heterocycles. The van der Waals surface area contributed by atoms with E-state index in [-0.39, 0.29) is 18.1 Å². The molecule has 0 unspecified atom stereocenters. The van der Waals surface area contributed by atoms with Crippen molar-refractivity contribution < 1.29 is 9.53 Å². The van der Waals surface area contributed by atoms with Gasteiger partial charge in [-0.05, 0) is 12.1 Å². The Morgan fingerprint density at radius 1 is 1.35 bits per heavy atom. The standard InChI is InChI=1S/C13H11Cl2N3O2/c1-20-12-8(4-9(14)5-10(12)15)6-18-13(19)11-7-16-2-3-17-11/h2-5,7H,6H2,1H3,(H,18,19). The van der Waals surface area contributed by atoms with Gasteiger partial charge in [-0.15, -0.1) is 0 Å². The summed E-state index contributed by atoms with van der Waals surface area (Å²) in [4.78, 5) is 19.6. The molecule has 0 aliphatic rings. The molecule has 0 saturated carbocycles. The number of benzene rings is 1. The third-order valence-electron chi connectivity index (χ3n) is 2.52. The molecule has 5 nitrogen and oxygen atoms in total. The maximum Gasteiger partial charge on any atom is 0.271 e. The van der Waals surface area contributed by atoms with Crippen molar-refractivity contribution in [2.45, 2.75) is 6.54 Å². The molecule has 1 aromatic carbocycles. The van der Waals surface area contributed by atoms with E-state index >= 15 is 0 Å². The molecule has 0 fully saturated rings. The minimum absolute atomic E-state index is 0.221. The van der Waals surface area contributed by atoms with E-state index in [2.05, 4.69) is 15.3 Å². The van der Waals surface area contributed by atoms with Crippen LogP contribution < -0.4 is 10.1 Å². The number of hydrogen-bond donors (Lipinski definition) is 1. The first kappa shape index (κ1) is 14.6. The van der Waals surface area contributed by atoms with Gasteiger partial charge < -0.3 is 10.1 Å². The number of methoxy groups -OCH3 is 1. The second kappa shape index (κ2) is 6.54. The Morgan fingerprint density at radius 3 is 2.80 bits per heavy atom. The summed E-state index contributed by atoms with van der Waals surface area (Å²) in [5.41, 5.74) is 0.918. The minimum atomic E-state index is -0.337. The fraction of sp³-hybridized carbons (Fsp3) is 0.154. The largest absolute Gasteiger partial charge is 0.495 e. The summed E-state index contributed by atoms with van der Waals surface area (Å²) in [7, 11) is 1.50. The lowest BCUT2D eigenvalue weighted by molar-refractivity contribution is 0.0945. The Labute approximate surface area is 125 Å². The Kier molecular flexibility index (Phi) is 4.76. The number of hydrogen-bond acceptors (Lipinski definition) is 4. The zero-order chi connectivity index (χ0) is 14.5. The molecule has 1 amide bonds. The summed E-state index contributed by atoms with van der Waals surface area (Å²) in [6.07, 6.45) is 4.33. The van der Waals surface area contributed by atoms with Gasteiger partial charge in [0.1, 0.15) is 11.4 Å². The number of ether oxygens (including phenoxy) is 1. The topological polar surface area (TPSA) is 64.1 Å². The van der Waals surface area contributed by atoms with Crippen LogP contribution in [-0.2, 0) is 6.54 Å². The molecule has 7 heteroatoms. The van der Waals surface area contributed by atoms with E-state index < -0.39 is 0 Å². The number of nitrogens with one attached hydrogen (secondary N) is 1. The third kappa shape index (κ3) is 3.37. The van der Waals surface area contributed by atoms with Crippen LogP contribution >= 0.6 is 23.2 Å². The molecule has 0 radical (unpaired) electrons. The summed E-state index contributed by atoms with van der Waals surface area (Å²) in [6, 6.07) is 3.26. The quantitative estimate of drug-likeness (QED) is 0.943. The first-order chi connectivity index (χ1) is 9.61. The van der Waals surface area contributed by atoms with Gasteiger partial charge in [-0.3, -0.25) is 9.78 Å². The number of aromatic nitrogens is 2. The smallest absolute Gasteiger partial charge is 0.271 e. The van der Waals surface area contributed by atoms with E-state index in [0.717, 1.165) is 0 Å². The summed E-state index contributed by atoms with van der Waals surface area (Å²) < 4.78 is 5.20. The number of rotatable bonds is 4. The van der Waals surface area contributed by atoms with Gasteiger partial charge in [0, 0.05) is 29.5 Å². The highest BCUT2D eigenvalue weighted by atomic mass is 35.5. The van der Waals surface area contributed by atoms with E-state index in [1.807, 2.05) is 0 Å². The summed E-state index contributed by atoms with van der Waals surface area (Å²) in [6.45, 7) is 0.221. The lowest BCUT2D eigenvalue weighted by Gasteiger charge is -2.11. The molecule has 0 spiro atoms. The normalized spacial score (nSPS) is 10.2. The fourth-order valence-electron chi connectivity index (χ4n) is 1.66. The average molecular weight is 312 g/mol. The van der Waals surface area contributed by atoms with Gasteiger partial charge in [-0.1, -0.05) is 23.2 Å². The van der Waals surface area contributed by atoms with Crippen molar-refractivity contribution in [3.8, 4) is 5.75 Å². The van der Waals surface area contributed by atoms with Crippen LogP contribution in [0.1, 0.15) is 16.1 Å². The van der Waals surface area contributed by atoms with Gasteiger partial charge in [0.2, 0.25) is 0 Å². The van der Waals surface area contributed by atoms with Crippen LogP contribution in [0.2, 0.25) is 10.0 Å². The van der Waals surface area contributed by atoms with Crippen LogP contribution in [-0.4, -0.2) is 23.0 Å². The first-order valence-corrected chi connectivity index (χ1v) is 6.43. The highest BCUT2D eigenvalue weighted by Crippen LogP contribution is 2.32. The molecule has 0 atom stereocenters. The Bertz CT molecular complexity index is 621. The second-order valence-corrected chi connectivity index (χ2v) is 4.70. The van der Waals surface area contributed by atoms with Crippen LogP contribution in [0, 0.1) is 0 Å². The van der Waals surface area contributed by atoms with E-state index in [9.17, 15) is 4.79 Å². The van der Waals surface area contributed by atoms with Crippen molar-refractivity contribution in [2.75, 3.05) is 7.11 Å². The predicted octanol–water partition coefficient (Wildman–Crippen LogP) is 2.72. The van der Waals surface area contributed by atoms with Gasteiger partial charge in [0.15, 0.2) is 0 Å². The highest BCUT2D eigenvalue weighted by molar-refractivity contribution is 6.35. The fourth-order valence-corrected chi connectivity index (χ4v) is 2.27. The van der Waals surface area contributed by atoms with E-state index in [4.69, 9.17) is 27.9 Å². The maximum absolute atomic E-state index is 11.9. The zero-order valence-electron chi connectivity index (χ0n) is 10.6. The highest BCUT2D eigenvalue weighted by Gasteiger charge is 2.12. The molecule has 0 aliphatic heterocycles. The zero-order valence-corrected chi connectivity index (χ0v) is 12.1. The molecule has 0 saturated heterocycles. The molecule has 0 bridgehead atoms. The molecule has 104 valence electrons. The SMILES string of the molecule is COc1c(Cl)cc(Cl)cc1CNC(=O)c1cnccn1. The van der Waals surface area contributed by atoms with Gasteiger partial charge in [0.05, 0.1) is 18.3 Å². The number of nitrogens with zero attached hydrogens (tertiary/aromatic N) is 2. The molecule has 1 aromatic heterocycles. The number of carbonyl (C=O) groups is 1. The lowest BCUT2D eigenvalue weighted by atomic mass is 10.2. The Balaban J connectivity index is 2.13. The first-order valence-electron chi connectivity index (χ1n) is 5.68. The van der Waals surface area contributed by atoms with Gasteiger partial charge in [-0.2, -0.15) is 0 Å². The van der Waals surface area contributed by atoms with E-state index in [1.165, 1.54) is 25.7 Å². The molecule has 0 aliphatic carbocycles. The summed E-state index contributed by atoms with van der Waals surface area (Å²) >= 11 is 12.0. The van der Waals surface area contributed by atoms with Gasteiger partial charge in [-0.25, -0.2) is 4.98 Å². The van der Waals surface area contributed by atoms with Crippen molar-refractivity contribution in [1.82, 2.24) is 15.3 Å². The molecular weight excluding hydrogens is 301 g/mol. The van der Waals surface area contributed by atoms with Crippen molar-refractivity contribution in [3.05, 3.63) is 52.0 Å². The molecule has 2 aromatic rings. The Morgan fingerprint density at radius 2 is 2.15 bits per heavy atom. The molecule has 1 N–H and O–H groups in total. The third-order valence-corrected chi connectivity index (χ3v) is 3.02. The van der Waals surface area contributed by atoms with Crippen molar-refractivity contribution in [3.63, 3.8) is 0 Å². The van der Waals surface area contributed by atoms with Gasteiger partial charge in [0.25, 0.3) is 5.91 Å². The van der Waals surface area contributed by atoms with Crippen molar-refractivity contribution in [2.24, 2.45) is 0 Å². The van der Waals surface area contributed by atoms with Gasteiger partial charge >= 0.3 is 0 Å². The molecule has 2 rings (SSSR count). The average Bonchev–Trinajstić information content (AvgIpc) is 2.45. The number of halogens is 2.